The highest BCUT2D eigenvalue weighted by atomic mass is 79.9. The molecule has 0 aliphatic rings. The molecule has 13 heavy (non-hydrogen) atoms. The van der Waals surface area contributed by atoms with Crippen LogP contribution in [0.3, 0.4) is 0 Å². The van der Waals surface area contributed by atoms with Crippen molar-refractivity contribution in [3.63, 3.8) is 0 Å². The molecule has 0 saturated heterocycles. The van der Waals surface area contributed by atoms with E-state index in [1.165, 1.54) is 0 Å². The summed E-state index contributed by atoms with van der Waals surface area (Å²) in [5.74, 6) is 0. The second kappa shape index (κ2) is 5.25. The average molecular weight is 271 g/mol. The molecule has 0 aromatic carbocycles. The van der Waals surface area contributed by atoms with Crippen LogP contribution >= 0.6 is 15.9 Å². The predicted octanol–water partition coefficient (Wildman–Crippen LogP) is 4.58. The first-order valence-corrected chi connectivity index (χ1v) is 8.15. The van der Waals surface area contributed by atoms with Crippen molar-refractivity contribution in [1.29, 1.82) is 0 Å². The molecular weight excluding hydrogens is 254 g/mol. The van der Waals surface area contributed by atoms with Crippen molar-refractivity contribution in [1.82, 2.24) is 0 Å². The molecule has 0 heterocycles. The van der Waals surface area contributed by atoms with E-state index < -0.39 is 12.9 Å². The fourth-order valence-electron chi connectivity index (χ4n) is 1.37. The molecule has 0 fully saturated rings. The predicted molar refractivity (Wildman–Crippen MR) is 60.2 cm³/mol. The second-order valence-electron chi connectivity index (χ2n) is 3.30. The standard InChI is InChI=1S/C9H17BrF2Si/c1-4-13(5-2,6-3)8-7-9(10,11)12/h7-8H,4-6H2,1-3H3/b8-7+. The fraction of sp³-hybridized carbons (Fsp3) is 0.778. The fourth-order valence-corrected chi connectivity index (χ4v) is 4.52. The number of rotatable bonds is 5. The molecule has 0 spiro atoms. The molecule has 0 radical (unpaired) electrons. The van der Waals surface area contributed by atoms with E-state index in [0.29, 0.717) is 0 Å². The third-order valence-electron chi connectivity index (χ3n) is 2.74. The van der Waals surface area contributed by atoms with Crippen molar-refractivity contribution in [2.45, 2.75) is 43.7 Å². The summed E-state index contributed by atoms with van der Waals surface area (Å²) < 4.78 is 25.0. The first-order valence-electron chi connectivity index (χ1n) is 4.66. The molecule has 0 amide bonds. The Hall–Kier alpha value is 0.297. The molecule has 4 heteroatoms. The van der Waals surface area contributed by atoms with Crippen LogP contribution in [0.4, 0.5) is 8.78 Å². The molecule has 78 valence electrons. The van der Waals surface area contributed by atoms with Gasteiger partial charge < -0.3 is 0 Å². The SMILES string of the molecule is CC[Si](/C=C/C(F)(F)Br)(CC)CC. The van der Waals surface area contributed by atoms with Gasteiger partial charge in [0.15, 0.2) is 0 Å². The Morgan fingerprint density at radius 2 is 1.54 bits per heavy atom. The molecule has 0 saturated carbocycles. The maximum Gasteiger partial charge on any atom is 0.319 e. The van der Waals surface area contributed by atoms with Crippen molar-refractivity contribution in [3.05, 3.63) is 11.8 Å². The maximum absolute atomic E-state index is 12.5. The molecule has 0 aromatic rings. The van der Waals surface area contributed by atoms with Crippen LogP contribution in [0.5, 0.6) is 0 Å². The number of halogens is 3. The third-order valence-corrected chi connectivity index (χ3v) is 8.10. The van der Waals surface area contributed by atoms with Gasteiger partial charge in [0.25, 0.3) is 0 Å². The summed E-state index contributed by atoms with van der Waals surface area (Å²) in [6.07, 6.45) is 1.01. The van der Waals surface area contributed by atoms with Gasteiger partial charge in [-0.15, -0.1) is 0 Å². The summed E-state index contributed by atoms with van der Waals surface area (Å²) in [5, 5.41) is 0. The van der Waals surface area contributed by atoms with Crippen molar-refractivity contribution in [3.8, 4) is 0 Å². The van der Waals surface area contributed by atoms with E-state index in [0.717, 1.165) is 24.2 Å². The molecule has 0 N–H and O–H groups in total. The first-order chi connectivity index (χ1) is 5.89. The van der Waals surface area contributed by atoms with Crippen LogP contribution in [0, 0.1) is 0 Å². The lowest BCUT2D eigenvalue weighted by molar-refractivity contribution is 0.171. The van der Waals surface area contributed by atoms with Gasteiger partial charge in [0.2, 0.25) is 0 Å². The number of allylic oxidation sites excluding steroid dienone is 1. The molecule has 0 aliphatic heterocycles. The Morgan fingerprint density at radius 3 is 1.77 bits per heavy atom. The van der Waals surface area contributed by atoms with Gasteiger partial charge in [-0.2, -0.15) is 8.78 Å². The van der Waals surface area contributed by atoms with Crippen molar-refractivity contribution in [2.75, 3.05) is 0 Å². The third kappa shape index (κ3) is 4.91. The summed E-state index contributed by atoms with van der Waals surface area (Å²) in [7, 11) is -1.52. The minimum absolute atomic E-state index is 1.01. The zero-order chi connectivity index (χ0) is 10.5. The van der Waals surface area contributed by atoms with E-state index in [4.69, 9.17) is 0 Å². The van der Waals surface area contributed by atoms with Gasteiger partial charge in [-0.05, 0) is 22.0 Å². The molecule has 0 bridgehead atoms. The lowest BCUT2D eigenvalue weighted by atomic mass is 10.7. The molecule has 0 nitrogen and oxygen atoms in total. The lowest BCUT2D eigenvalue weighted by Crippen LogP contribution is -2.29. The number of hydrogen-bond acceptors (Lipinski definition) is 0. The molecule has 0 unspecified atom stereocenters. The minimum Gasteiger partial charge on any atom is -0.189 e. The second-order valence-corrected chi connectivity index (χ2v) is 9.53. The molecule has 0 rings (SSSR count). The van der Waals surface area contributed by atoms with Crippen LogP contribution in [0.1, 0.15) is 20.8 Å². The van der Waals surface area contributed by atoms with Crippen LogP contribution in [-0.2, 0) is 0 Å². The van der Waals surface area contributed by atoms with Crippen LogP contribution in [-0.4, -0.2) is 12.9 Å². The maximum atomic E-state index is 12.5. The number of hydrogen-bond donors (Lipinski definition) is 0. The van der Waals surface area contributed by atoms with E-state index in [1.54, 1.807) is 5.70 Å². The Bertz CT molecular complexity index is 163. The Morgan fingerprint density at radius 1 is 1.15 bits per heavy atom. The van der Waals surface area contributed by atoms with Crippen LogP contribution in [0.25, 0.3) is 0 Å². The average Bonchev–Trinajstić information content (AvgIpc) is 2.06. The van der Waals surface area contributed by atoms with Gasteiger partial charge in [0.05, 0.1) is 8.07 Å². The highest BCUT2D eigenvalue weighted by Gasteiger charge is 2.26. The Balaban J connectivity index is 4.51. The zero-order valence-corrected chi connectivity index (χ0v) is 11.0. The highest BCUT2D eigenvalue weighted by Crippen LogP contribution is 2.27. The normalized spacial score (nSPS) is 14.0. The summed E-state index contributed by atoms with van der Waals surface area (Å²) >= 11 is 2.32. The van der Waals surface area contributed by atoms with Crippen LogP contribution < -0.4 is 0 Å². The minimum atomic E-state index is -2.83. The van der Waals surface area contributed by atoms with Crippen molar-refractivity contribution < 1.29 is 8.78 Å². The van der Waals surface area contributed by atoms with Gasteiger partial charge in [-0.1, -0.05) is 44.6 Å². The lowest BCUT2D eigenvalue weighted by Gasteiger charge is -2.23. The molecule has 0 atom stereocenters. The Kier molecular flexibility index (Phi) is 5.37. The van der Waals surface area contributed by atoms with E-state index in [-0.39, 0.29) is 0 Å². The van der Waals surface area contributed by atoms with Gasteiger partial charge in [0.1, 0.15) is 0 Å². The summed E-state index contributed by atoms with van der Waals surface area (Å²) in [6, 6.07) is 3.12. The monoisotopic (exact) mass is 270 g/mol. The van der Waals surface area contributed by atoms with E-state index >= 15 is 0 Å². The zero-order valence-electron chi connectivity index (χ0n) is 8.41. The first kappa shape index (κ1) is 13.3. The summed E-state index contributed by atoms with van der Waals surface area (Å²) in [5.41, 5.74) is 1.78. The van der Waals surface area contributed by atoms with Gasteiger partial charge in [-0.25, -0.2) is 0 Å². The molecular formula is C9H17BrF2Si. The van der Waals surface area contributed by atoms with Crippen molar-refractivity contribution >= 4 is 24.0 Å². The molecule has 0 aromatic heterocycles. The smallest absolute Gasteiger partial charge is 0.189 e. The van der Waals surface area contributed by atoms with Crippen molar-refractivity contribution in [2.24, 2.45) is 0 Å². The quantitative estimate of drug-likeness (QED) is 0.507. The largest absolute Gasteiger partial charge is 0.319 e. The van der Waals surface area contributed by atoms with Crippen LogP contribution in [0.15, 0.2) is 11.8 Å². The van der Waals surface area contributed by atoms with Gasteiger partial charge in [-0.3, -0.25) is 0 Å². The topological polar surface area (TPSA) is 0 Å². The Labute approximate surface area is 88.5 Å². The highest BCUT2D eigenvalue weighted by molar-refractivity contribution is 9.10. The van der Waals surface area contributed by atoms with E-state index in [1.807, 2.05) is 0 Å². The van der Waals surface area contributed by atoms with E-state index in [2.05, 4.69) is 36.7 Å². The van der Waals surface area contributed by atoms with Gasteiger partial charge in [0, 0.05) is 0 Å². The van der Waals surface area contributed by atoms with Gasteiger partial charge >= 0.3 is 4.83 Å². The van der Waals surface area contributed by atoms with Crippen LogP contribution in [0.2, 0.25) is 18.1 Å². The molecule has 0 aliphatic carbocycles. The summed E-state index contributed by atoms with van der Waals surface area (Å²) in [4.78, 5) is -2.83. The number of alkyl halides is 3. The summed E-state index contributed by atoms with van der Waals surface area (Å²) in [6.45, 7) is 6.28. The van der Waals surface area contributed by atoms with E-state index in [9.17, 15) is 8.78 Å².